The van der Waals surface area contributed by atoms with E-state index >= 15 is 0 Å². The Morgan fingerprint density at radius 2 is 1.82 bits per heavy atom. The standard InChI is InChI=1S/C6H12.C5H10/c1-3-5-6-4-2;1-4-5(2)3/h3H,1,4-6H2,2H3;4H,1-3H3. The molecule has 0 amide bonds. The van der Waals surface area contributed by atoms with Crippen molar-refractivity contribution in [2.45, 2.75) is 47.0 Å². The molecule has 0 aliphatic heterocycles. The van der Waals surface area contributed by atoms with Gasteiger partial charge in [0.25, 0.3) is 0 Å². The molecular weight excluding hydrogens is 132 g/mol. The van der Waals surface area contributed by atoms with Crippen LogP contribution >= 0.6 is 0 Å². The Morgan fingerprint density at radius 1 is 1.36 bits per heavy atom. The van der Waals surface area contributed by atoms with E-state index < -0.39 is 0 Å². The van der Waals surface area contributed by atoms with Crippen molar-refractivity contribution in [1.82, 2.24) is 0 Å². The SMILES string of the molecule is C=CCCCC.CC=C(C)C. The lowest BCUT2D eigenvalue weighted by atomic mass is 10.3. The van der Waals surface area contributed by atoms with E-state index in [1.54, 1.807) is 0 Å². The van der Waals surface area contributed by atoms with E-state index in [9.17, 15) is 0 Å². The van der Waals surface area contributed by atoms with Gasteiger partial charge < -0.3 is 0 Å². The van der Waals surface area contributed by atoms with Gasteiger partial charge in [-0.1, -0.05) is 37.5 Å². The molecular formula is C11H22. The lowest BCUT2D eigenvalue weighted by Crippen LogP contribution is -1.61. The highest BCUT2D eigenvalue weighted by atomic mass is 13.8. The molecule has 0 heterocycles. The Balaban J connectivity index is 0. The molecule has 0 spiro atoms. The Morgan fingerprint density at radius 3 is 1.91 bits per heavy atom. The van der Waals surface area contributed by atoms with Gasteiger partial charge in [0, 0.05) is 0 Å². The third-order valence-corrected chi connectivity index (χ3v) is 1.34. The summed E-state index contributed by atoms with van der Waals surface area (Å²) in [5.74, 6) is 0. The second-order valence-electron chi connectivity index (χ2n) is 2.80. The van der Waals surface area contributed by atoms with Crippen LogP contribution in [0.5, 0.6) is 0 Å². The van der Waals surface area contributed by atoms with Crippen LogP contribution in [-0.4, -0.2) is 0 Å². The second kappa shape index (κ2) is 12.2. The molecule has 0 bridgehead atoms. The largest absolute Gasteiger partial charge is 0.103 e. The van der Waals surface area contributed by atoms with E-state index in [1.165, 1.54) is 24.8 Å². The van der Waals surface area contributed by atoms with Crippen LogP contribution in [0.2, 0.25) is 0 Å². The van der Waals surface area contributed by atoms with Gasteiger partial charge in [-0.25, -0.2) is 0 Å². The first-order valence-electron chi connectivity index (χ1n) is 4.39. The van der Waals surface area contributed by atoms with E-state index in [4.69, 9.17) is 0 Å². The van der Waals surface area contributed by atoms with Crippen LogP contribution in [0, 0.1) is 0 Å². The quantitative estimate of drug-likeness (QED) is 0.419. The van der Waals surface area contributed by atoms with Crippen molar-refractivity contribution in [3.05, 3.63) is 24.3 Å². The van der Waals surface area contributed by atoms with Gasteiger partial charge >= 0.3 is 0 Å². The zero-order chi connectivity index (χ0) is 9.11. The molecule has 0 rings (SSSR count). The number of hydrogen-bond acceptors (Lipinski definition) is 0. The Bertz CT molecular complexity index is 94.6. The topological polar surface area (TPSA) is 0 Å². The molecule has 0 aromatic heterocycles. The average molecular weight is 154 g/mol. The fraction of sp³-hybridized carbons (Fsp3) is 0.636. The molecule has 0 unspecified atom stereocenters. The van der Waals surface area contributed by atoms with E-state index in [2.05, 4.69) is 33.4 Å². The van der Waals surface area contributed by atoms with Gasteiger partial charge in [0.05, 0.1) is 0 Å². The van der Waals surface area contributed by atoms with Crippen LogP contribution in [0.1, 0.15) is 47.0 Å². The fourth-order valence-corrected chi connectivity index (χ4v) is 0.348. The molecule has 0 radical (unpaired) electrons. The third kappa shape index (κ3) is 26.4. The first-order chi connectivity index (χ1) is 5.18. The number of unbranched alkanes of at least 4 members (excludes halogenated alkanes) is 2. The van der Waals surface area contributed by atoms with Crippen molar-refractivity contribution >= 4 is 0 Å². The molecule has 0 aromatic carbocycles. The normalized spacial score (nSPS) is 7.64. The van der Waals surface area contributed by atoms with Crippen LogP contribution in [0.15, 0.2) is 24.3 Å². The van der Waals surface area contributed by atoms with Gasteiger partial charge in [0.2, 0.25) is 0 Å². The third-order valence-electron chi connectivity index (χ3n) is 1.34. The van der Waals surface area contributed by atoms with Crippen molar-refractivity contribution < 1.29 is 0 Å². The molecule has 0 heteroatoms. The van der Waals surface area contributed by atoms with Gasteiger partial charge in [0.1, 0.15) is 0 Å². The summed E-state index contributed by atoms with van der Waals surface area (Å²) in [6.45, 7) is 12.0. The van der Waals surface area contributed by atoms with Crippen molar-refractivity contribution in [1.29, 1.82) is 0 Å². The molecule has 0 nitrogen and oxygen atoms in total. The van der Waals surface area contributed by atoms with Crippen LogP contribution < -0.4 is 0 Å². The summed E-state index contributed by atoms with van der Waals surface area (Å²) in [5, 5.41) is 0. The van der Waals surface area contributed by atoms with E-state index in [1.807, 2.05) is 13.0 Å². The molecule has 0 saturated carbocycles. The summed E-state index contributed by atoms with van der Waals surface area (Å²) in [4.78, 5) is 0. The van der Waals surface area contributed by atoms with Crippen LogP contribution in [0.3, 0.4) is 0 Å². The summed E-state index contributed by atoms with van der Waals surface area (Å²) in [5.41, 5.74) is 1.38. The highest BCUT2D eigenvalue weighted by Gasteiger charge is 1.71. The molecule has 0 aliphatic rings. The summed E-state index contributed by atoms with van der Waals surface area (Å²) in [6, 6.07) is 0. The van der Waals surface area contributed by atoms with Gasteiger partial charge in [-0.3, -0.25) is 0 Å². The maximum absolute atomic E-state index is 3.60. The minimum atomic E-state index is 1.18. The van der Waals surface area contributed by atoms with E-state index in [-0.39, 0.29) is 0 Å². The summed E-state index contributed by atoms with van der Waals surface area (Å²) in [6.07, 6.45) is 7.80. The van der Waals surface area contributed by atoms with Crippen molar-refractivity contribution in [2.24, 2.45) is 0 Å². The maximum atomic E-state index is 3.60. The molecule has 0 N–H and O–H groups in total. The molecule has 11 heavy (non-hydrogen) atoms. The monoisotopic (exact) mass is 154 g/mol. The highest BCUT2D eigenvalue weighted by molar-refractivity contribution is 4.88. The molecule has 0 atom stereocenters. The smallest absolute Gasteiger partial charge is 0.0354 e. The lowest BCUT2D eigenvalue weighted by molar-refractivity contribution is 0.816. The van der Waals surface area contributed by atoms with Gasteiger partial charge in [0.15, 0.2) is 0 Å². The number of allylic oxidation sites excluding steroid dienone is 3. The Kier molecular flexibility index (Phi) is 14.5. The minimum Gasteiger partial charge on any atom is -0.103 e. The van der Waals surface area contributed by atoms with Crippen molar-refractivity contribution in [2.75, 3.05) is 0 Å². The minimum absolute atomic E-state index is 1.18. The van der Waals surface area contributed by atoms with Crippen LogP contribution in [0.4, 0.5) is 0 Å². The Labute approximate surface area is 72.0 Å². The second-order valence-corrected chi connectivity index (χ2v) is 2.80. The maximum Gasteiger partial charge on any atom is -0.0354 e. The Hall–Kier alpha value is -0.520. The van der Waals surface area contributed by atoms with Gasteiger partial charge in [-0.05, 0) is 27.2 Å². The summed E-state index contributed by atoms with van der Waals surface area (Å²) < 4.78 is 0. The lowest BCUT2D eigenvalue weighted by Gasteiger charge is -1.81. The van der Waals surface area contributed by atoms with Crippen LogP contribution in [-0.2, 0) is 0 Å². The fourth-order valence-electron chi connectivity index (χ4n) is 0.348. The van der Waals surface area contributed by atoms with E-state index in [0.717, 1.165) is 0 Å². The zero-order valence-electron chi connectivity index (χ0n) is 8.48. The summed E-state index contributed by atoms with van der Waals surface area (Å²) in [7, 11) is 0. The van der Waals surface area contributed by atoms with Gasteiger partial charge in [-0.2, -0.15) is 0 Å². The predicted octanol–water partition coefficient (Wildman–Crippen LogP) is 4.34. The molecule has 66 valence electrons. The molecule has 0 aliphatic carbocycles. The number of rotatable bonds is 3. The van der Waals surface area contributed by atoms with E-state index in [0.29, 0.717) is 0 Å². The molecule has 0 fully saturated rings. The average Bonchev–Trinajstić information content (AvgIpc) is 2.02. The highest BCUT2D eigenvalue weighted by Crippen LogP contribution is 1.91. The summed E-state index contributed by atoms with van der Waals surface area (Å²) >= 11 is 0. The number of hydrogen-bond donors (Lipinski definition) is 0. The predicted molar refractivity (Wildman–Crippen MR) is 54.8 cm³/mol. The first-order valence-corrected chi connectivity index (χ1v) is 4.39. The van der Waals surface area contributed by atoms with Crippen molar-refractivity contribution in [3.63, 3.8) is 0 Å². The first kappa shape index (κ1) is 13.1. The molecule has 0 saturated heterocycles. The zero-order valence-corrected chi connectivity index (χ0v) is 8.48. The van der Waals surface area contributed by atoms with Crippen LogP contribution in [0.25, 0.3) is 0 Å². The van der Waals surface area contributed by atoms with Gasteiger partial charge in [-0.15, -0.1) is 6.58 Å². The molecule has 0 aromatic rings. The van der Waals surface area contributed by atoms with Crippen molar-refractivity contribution in [3.8, 4) is 0 Å².